The Morgan fingerprint density at radius 2 is 1.53 bits per heavy atom. The molecule has 2 aromatic rings. The summed E-state index contributed by atoms with van der Waals surface area (Å²) in [4.78, 5) is 39.5. The monoisotopic (exact) mass is 405 g/mol. The lowest BCUT2D eigenvalue weighted by Crippen LogP contribution is -2.40. The zero-order valence-corrected chi connectivity index (χ0v) is 17.1. The van der Waals surface area contributed by atoms with E-state index >= 15 is 0 Å². The highest BCUT2D eigenvalue weighted by Crippen LogP contribution is 2.25. The normalized spacial score (nSPS) is 16.3. The van der Waals surface area contributed by atoms with Crippen molar-refractivity contribution in [2.75, 3.05) is 13.1 Å². The van der Waals surface area contributed by atoms with E-state index in [9.17, 15) is 19.5 Å². The number of Topliss-reactive ketones (excluding diaryl/α,β-unsaturated/α-hetero) is 2. The summed E-state index contributed by atoms with van der Waals surface area (Å²) in [6, 6.07) is 12.2. The molecule has 0 radical (unpaired) electrons. The average molecular weight is 405 g/mol. The molecule has 0 aromatic heterocycles. The molecule has 1 amide bonds. The van der Waals surface area contributed by atoms with Crippen LogP contribution in [0.5, 0.6) is 5.75 Å². The first-order valence-electron chi connectivity index (χ1n) is 10.8. The average Bonchev–Trinajstić information content (AvgIpc) is 3.25. The Morgan fingerprint density at radius 3 is 2.27 bits per heavy atom. The van der Waals surface area contributed by atoms with Gasteiger partial charge < -0.3 is 10.0 Å². The van der Waals surface area contributed by atoms with Crippen molar-refractivity contribution in [1.29, 1.82) is 0 Å². The number of hydrogen-bond acceptors (Lipinski definition) is 4. The molecule has 5 heteroatoms. The third-order valence-corrected chi connectivity index (χ3v) is 6.36. The maximum Gasteiger partial charge on any atom is 0.223 e. The molecule has 1 heterocycles. The minimum Gasteiger partial charge on any atom is -0.508 e. The van der Waals surface area contributed by atoms with Crippen molar-refractivity contribution in [3.8, 4) is 5.75 Å². The number of aryl methyl sites for hydroxylation is 2. The van der Waals surface area contributed by atoms with Gasteiger partial charge in [-0.3, -0.25) is 14.4 Å². The summed E-state index contributed by atoms with van der Waals surface area (Å²) < 4.78 is 0. The van der Waals surface area contributed by atoms with E-state index in [2.05, 4.69) is 0 Å². The lowest BCUT2D eigenvalue weighted by atomic mass is 9.88. The Bertz CT molecular complexity index is 956. The van der Waals surface area contributed by atoms with E-state index in [4.69, 9.17) is 0 Å². The van der Waals surface area contributed by atoms with Crippen LogP contribution in [0.4, 0.5) is 0 Å². The molecule has 0 spiro atoms. The first kappa shape index (κ1) is 20.3. The van der Waals surface area contributed by atoms with E-state index < -0.39 is 0 Å². The second-order valence-electron chi connectivity index (χ2n) is 8.33. The van der Waals surface area contributed by atoms with Gasteiger partial charge in [-0.1, -0.05) is 12.1 Å². The van der Waals surface area contributed by atoms with E-state index in [0.29, 0.717) is 37.1 Å². The topological polar surface area (TPSA) is 74.7 Å². The summed E-state index contributed by atoms with van der Waals surface area (Å²) in [6.45, 7) is 1.08. The number of rotatable bonds is 6. The van der Waals surface area contributed by atoms with Gasteiger partial charge in [-0.2, -0.15) is 0 Å². The maximum atomic E-state index is 12.6. The van der Waals surface area contributed by atoms with Crippen LogP contribution < -0.4 is 0 Å². The number of amides is 1. The van der Waals surface area contributed by atoms with Gasteiger partial charge in [0.25, 0.3) is 0 Å². The standard InChI is InChI=1S/C25H27NO4/c27-22-8-6-18(7-9-22)25(30)19-12-14-26(15-13-19)24(29)11-10-23(28)21-5-4-17-2-1-3-20(17)16-21/h4-9,16,19,27H,1-3,10-15H2. The van der Waals surface area contributed by atoms with Gasteiger partial charge in [-0.15, -0.1) is 0 Å². The fourth-order valence-corrected chi connectivity index (χ4v) is 4.52. The van der Waals surface area contributed by atoms with Gasteiger partial charge in [-0.25, -0.2) is 0 Å². The van der Waals surface area contributed by atoms with Crippen LogP contribution >= 0.6 is 0 Å². The molecular weight excluding hydrogens is 378 g/mol. The number of nitrogens with zero attached hydrogens (tertiary/aromatic N) is 1. The Kier molecular flexibility index (Phi) is 5.98. The van der Waals surface area contributed by atoms with Crippen molar-refractivity contribution in [2.45, 2.75) is 44.9 Å². The van der Waals surface area contributed by atoms with E-state index in [1.54, 1.807) is 17.0 Å². The van der Waals surface area contributed by atoms with Gasteiger partial charge in [0.05, 0.1) is 0 Å². The van der Waals surface area contributed by atoms with Gasteiger partial charge >= 0.3 is 0 Å². The van der Waals surface area contributed by atoms with E-state index in [0.717, 1.165) is 19.3 Å². The molecule has 0 saturated carbocycles. The van der Waals surface area contributed by atoms with Crippen molar-refractivity contribution >= 4 is 17.5 Å². The van der Waals surface area contributed by atoms with Gasteiger partial charge in [-0.05, 0) is 73.6 Å². The number of phenolic OH excluding ortho intramolecular Hbond substituents is 1. The third kappa shape index (κ3) is 4.45. The highest BCUT2D eigenvalue weighted by Gasteiger charge is 2.28. The first-order valence-corrected chi connectivity index (χ1v) is 10.8. The molecule has 1 aliphatic carbocycles. The predicted octanol–water partition coefficient (Wildman–Crippen LogP) is 3.97. The number of carbonyl (C=O) groups is 3. The number of benzene rings is 2. The van der Waals surface area contributed by atoms with Crippen LogP contribution in [0.1, 0.15) is 63.9 Å². The fraction of sp³-hybridized carbons (Fsp3) is 0.400. The smallest absolute Gasteiger partial charge is 0.223 e. The van der Waals surface area contributed by atoms with E-state index in [1.807, 2.05) is 18.2 Å². The lowest BCUT2D eigenvalue weighted by Gasteiger charge is -2.31. The van der Waals surface area contributed by atoms with Crippen molar-refractivity contribution in [1.82, 2.24) is 4.90 Å². The molecule has 1 fully saturated rings. The Morgan fingerprint density at radius 1 is 0.867 bits per heavy atom. The number of aromatic hydroxyl groups is 1. The zero-order chi connectivity index (χ0) is 21.1. The third-order valence-electron chi connectivity index (χ3n) is 6.36. The molecule has 1 aliphatic heterocycles. The molecule has 1 N–H and O–H groups in total. The Labute approximate surface area is 176 Å². The SMILES string of the molecule is O=C(CCC(=O)N1CCC(C(=O)c2ccc(O)cc2)CC1)c1ccc2c(c1)CCC2. The Balaban J connectivity index is 1.25. The summed E-state index contributed by atoms with van der Waals surface area (Å²) in [5, 5.41) is 9.37. The minimum absolute atomic E-state index is 0.0138. The molecule has 4 rings (SSSR count). The number of ketones is 2. The summed E-state index contributed by atoms with van der Waals surface area (Å²) in [5.41, 5.74) is 3.92. The van der Waals surface area contributed by atoms with Gasteiger partial charge in [0.1, 0.15) is 5.75 Å². The molecule has 1 saturated heterocycles. The summed E-state index contributed by atoms with van der Waals surface area (Å²) in [7, 11) is 0. The van der Waals surface area contributed by atoms with Crippen LogP contribution in [-0.4, -0.2) is 40.6 Å². The number of hydrogen-bond donors (Lipinski definition) is 1. The van der Waals surface area contributed by atoms with Crippen LogP contribution in [-0.2, 0) is 17.6 Å². The van der Waals surface area contributed by atoms with Crippen molar-refractivity contribution < 1.29 is 19.5 Å². The number of phenols is 1. The highest BCUT2D eigenvalue weighted by atomic mass is 16.3. The molecule has 0 unspecified atom stereocenters. The highest BCUT2D eigenvalue weighted by molar-refractivity contribution is 5.99. The van der Waals surface area contributed by atoms with Crippen LogP contribution in [0.2, 0.25) is 0 Å². The zero-order valence-electron chi connectivity index (χ0n) is 17.1. The van der Waals surface area contributed by atoms with Crippen molar-refractivity contribution in [3.05, 3.63) is 64.7 Å². The number of likely N-dealkylation sites (tertiary alicyclic amines) is 1. The number of carbonyl (C=O) groups excluding carboxylic acids is 3. The molecule has 0 bridgehead atoms. The lowest BCUT2D eigenvalue weighted by molar-refractivity contribution is -0.132. The molecule has 30 heavy (non-hydrogen) atoms. The van der Waals surface area contributed by atoms with Crippen LogP contribution in [0.15, 0.2) is 42.5 Å². The summed E-state index contributed by atoms with van der Waals surface area (Å²) >= 11 is 0. The van der Waals surface area contributed by atoms with Crippen LogP contribution in [0.25, 0.3) is 0 Å². The summed E-state index contributed by atoms with van der Waals surface area (Å²) in [6.07, 6.45) is 4.97. The molecule has 2 aromatic carbocycles. The van der Waals surface area contributed by atoms with Crippen LogP contribution in [0.3, 0.4) is 0 Å². The van der Waals surface area contributed by atoms with Crippen molar-refractivity contribution in [3.63, 3.8) is 0 Å². The largest absolute Gasteiger partial charge is 0.508 e. The number of fused-ring (bicyclic) bond motifs is 1. The fourth-order valence-electron chi connectivity index (χ4n) is 4.52. The molecule has 2 aliphatic rings. The predicted molar refractivity (Wildman–Crippen MR) is 114 cm³/mol. The van der Waals surface area contributed by atoms with Gasteiger partial charge in [0, 0.05) is 43.0 Å². The minimum atomic E-state index is -0.105. The first-order chi connectivity index (χ1) is 14.5. The second-order valence-corrected chi connectivity index (χ2v) is 8.33. The molecule has 156 valence electrons. The van der Waals surface area contributed by atoms with Gasteiger partial charge in [0.15, 0.2) is 11.6 Å². The molecular formula is C25H27NO4. The van der Waals surface area contributed by atoms with E-state index in [1.165, 1.54) is 23.3 Å². The second kappa shape index (κ2) is 8.82. The summed E-state index contributed by atoms with van der Waals surface area (Å²) in [5.74, 6) is 0.109. The Hall–Kier alpha value is -2.95. The number of piperidine rings is 1. The van der Waals surface area contributed by atoms with Gasteiger partial charge in [0.2, 0.25) is 5.91 Å². The quantitative estimate of drug-likeness (QED) is 0.738. The maximum absolute atomic E-state index is 12.6. The van der Waals surface area contributed by atoms with Crippen LogP contribution in [0, 0.1) is 5.92 Å². The van der Waals surface area contributed by atoms with E-state index in [-0.39, 0.29) is 42.0 Å². The molecule has 5 nitrogen and oxygen atoms in total. The molecule has 0 atom stereocenters. The van der Waals surface area contributed by atoms with Crippen molar-refractivity contribution in [2.24, 2.45) is 5.92 Å².